The molecule has 0 aliphatic heterocycles. The molecule has 0 spiro atoms. The molecule has 1 aromatic carbocycles. The third-order valence-corrected chi connectivity index (χ3v) is 3.62. The Kier molecular flexibility index (Phi) is 3.99. The van der Waals surface area contributed by atoms with Crippen LogP contribution in [-0.4, -0.2) is 23.9 Å². The molecule has 98 valence electrons. The number of amides is 1. The summed E-state index contributed by atoms with van der Waals surface area (Å²) in [5.41, 5.74) is 4.47. The van der Waals surface area contributed by atoms with E-state index in [4.69, 9.17) is 5.84 Å². The van der Waals surface area contributed by atoms with Crippen LogP contribution in [0.2, 0.25) is 0 Å². The highest BCUT2D eigenvalue weighted by molar-refractivity contribution is 5.82. The fourth-order valence-corrected chi connectivity index (χ4v) is 2.12. The Morgan fingerprint density at radius 2 is 2.06 bits per heavy atom. The van der Waals surface area contributed by atoms with E-state index in [0.717, 1.165) is 18.2 Å². The first-order chi connectivity index (χ1) is 8.61. The van der Waals surface area contributed by atoms with Crippen molar-refractivity contribution in [2.75, 3.05) is 7.05 Å². The van der Waals surface area contributed by atoms with Crippen LogP contribution < -0.4 is 11.3 Å². The van der Waals surface area contributed by atoms with Gasteiger partial charge in [0.15, 0.2) is 0 Å². The van der Waals surface area contributed by atoms with Crippen LogP contribution in [0.4, 0.5) is 0 Å². The second kappa shape index (κ2) is 5.50. The molecule has 3 N–H and O–H groups in total. The SMILES string of the molecule is CC(C(=O)NN)c1ccc(CN(C)C2CC2)cc1. The summed E-state index contributed by atoms with van der Waals surface area (Å²) in [4.78, 5) is 13.8. The lowest BCUT2D eigenvalue weighted by Crippen LogP contribution is -2.33. The zero-order valence-electron chi connectivity index (χ0n) is 11.0. The Morgan fingerprint density at radius 3 is 2.56 bits per heavy atom. The Balaban J connectivity index is 1.98. The minimum atomic E-state index is -0.204. The second-order valence-electron chi connectivity index (χ2n) is 5.12. The van der Waals surface area contributed by atoms with Gasteiger partial charge < -0.3 is 0 Å². The molecule has 1 unspecified atom stereocenters. The highest BCUT2D eigenvalue weighted by Gasteiger charge is 2.25. The van der Waals surface area contributed by atoms with Crippen LogP contribution in [0, 0.1) is 0 Å². The number of carbonyl (C=O) groups is 1. The van der Waals surface area contributed by atoms with Crippen molar-refractivity contribution in [3.8, 4) is 0 Å². The quantitative estimate of drug-likeness (QED) is 0.469. The summed E-state index contributed by atoms with van der Waals surface area (Å²) < 4.78 is 0. The molecule has 1 atom stereocenters. The smallest absolute Gasteiger partial charge is 0.241 e. The number of nitrogens with two attached hydrogens (primary N) is 1. The summed E-state index contributed by atoms with van der Waals surface area (Å²) in [5, 5.41) is 0. The van der Waals surface area contributed by atoms with Crippen LogP contribution in [0.3, 0.4) is 0 Å². The number of hydrogen-bond donors (Lipinski definition) is 2. The molecule has 18 heavy (non-hydrogen) atoms. The zero-order chi connectivity index (χ0) is 13.1. The van der Waals surface area contributed by atoms with Gasteiger partial charge in [0.1, 0.15) is 0 Å². The number of hydrazine groups is 1. The second-order valence-corrected chi connectivity index (χ2v) is 5.12. The van der Waals surface area contributed by atoms with Gasteiger partial charge in [-0.1, -0.05) is 24.3 Å². The van der Waals surface area contributed by atoms with Gasteiger partial charge in [0.05, 0.1) is 5.92 Å². The molecule has 4 nitrogen and oxygen atoms in total. The van der Waals surface area contributed by atoms with Gasteiger partial charge in [-0.2, -0.15) is 0 Å². The Labute approximate surface area is 108 Å². The van der Waals surface area contributed by atoms with Crippen LogP contribution >= 0.6 is 0 Å². The van der Waals surface area contributed by atoms with E-state index in [1.165, 1.54) is 18.4 Å². The van der Waals surface area contributed by atoms with Crippen molar-refractivity contribution in [3.63, 3.8) is 0 Å². The summed E-state index contributed by atoms with van der Waals surface area (Å²) in [6.07, 6.45) is 2.64. The van der Waals surface area contributed by atoms with Gasteiger partial charge in [-0.15, -0.1) is 0 Å². The summed E-state index contributed by atoms with van der Waals surface area (Å²) in [5.74, 6) is 4.78. The van der Waals surface area contributed by atoms with Crippen LogP contribution in [0.1, 0.15) is 36.8 Å². The third-order valence-electron chi connectivity index (χ3n) is 3.62. The molecule has 1 fully saturated rings. The molecule has 0 saturated heterocycles. The Hall–Kier alpha value is -1.39. The van der Waals surface area contributed by atoms with Crippen molar-refractivity contribution in [1.29, 1.82) is 0 Å². The lowest BCUT2D eigenvalue weighted by Gasteiger charge is -2.16. The van der Waals surface area contributed by atoms with Crippen LogP contribution in [0.15, 0.2) is 24.3 Å². The first kappa shape index (κ1) is 13.1. The first-order valence-corrected chi connectivity index (χ1v) is 6.41. The number of nitrogens with zero attached hydrogens (tertiary/aromatic N) is 1. The highest BCUT2D eigenvalue weighted by atomic mass is 16.2. The topological polar surface area (TPSA) is 58.4 Å². The Bertz CT molecular complexity index is 412. The van der Waals surface area contributed by atoms with E-state index in [0.29, 0.717) is 0 Å². The molecule has 1 aromatic rings. The first-order valence-electron chi connectivity index (χ1n) is 6.41. The van der Waals surface area contributed by atoms with Gasteiger partial charge in [-0.05, 0) is 37.9 Å². The van der Waals surface area contributed by atoms with Crippen molar-refractivity contribution >= 4 is 5.91 Å². The molecule has 0 bridgehead atoms. The monoisotopic (exact) mass is 247 g/mol. The van der Waals surface area contributed by atoms with Crippen LogP contribution in [0.25, 0.3) is 0 Å². The molecule has 2 rings (SSSR count). The maximum Gasteiger partial charge on any atom is 0.241 e. The molecule has 4 heteroatoms. The maximum atomic E-state index is 11.4. The predicted octanol–water partition coefficient (Wildman–Crippen LogP) is 1.37. The molecule has 0 heterocycles. The number of rotatable bonds is 5. The molecular weight excluding hydrogens is 226 g/mol. The van der Waals surface area contributed by atoms with Gasteiger partial charge in [-0.25, -0.2) is 5.84 Å². The maximum absolute atomic E-state index is 11.4. The lowest BCUT2D eigenvalue weighted by atomic mass is 9.99. The van der Waals surface area contributed by atoms with E-state index < -0.39 is 0 Å². The average molecular weight is 247 g/mol. The number of nitrogens with one attached hydrogen (secondary N) is 1. The summed E-state index contributed by atoms with van der Waals surface area (Å²) in [6.45, 7) is 2.83. The van der Waals surface area contributed by atoms with Gasteiger partial charge in [0.2, 0.25) is 5.91 Å². The van der Waals surface area contributed by atoms with E-state index in [2.05, 4.69) is 29.5 Å². The molecule has 1 aliphatic carbocycles. The number of benzene rings is 1. The number of hydrogen-bond acceptors (Lipinski definition) is 3. The fraction of sp³-hybridized carbons (Fsp3) is 0.500. The van der Waals surface area contributed by atoms with E-state index in [-0.39, 0.29) is 11.8 Å². The third kappa shape index (κ3) is 3.09. The molecule has 0 aromatic heterocycles. The highest BCUT2D eigenvalue weighted by Crippen LogP contribution is 2.26. The number of carbonyl (C=O) groups excluding carboxylic acids is 1. The van der Waals surface area contributed by atoms with Crippen molar-refractivity contribution in [2.24, 2.45) is 5.84 Å². The van der Waals surface area contributed by atoms with Crippen LogP contribution in [-0.2, 0) is 11.3 Å². The van der Waals surface area contributed by atoms with Crippen LogP contribution in [0.5, 0.6) is 0 Å². The molecule has 1 aliphatic rings. The summed E-state index contributed by atoms with van der Waals surface area (Å²) >= 11 is 0. The largest absolute Gasteiger partial charge is 0.299 e. The minimum Gasteiger partial charge on any atom is -0.299 e. The van der Waals surface area contributed by atoms with Gasteiger partial charge >= 0.3 is 0 Å². The zero-order valence-corrected chi connectivity index (χ0v) is 11.0. The van der Waals surface area contributed by atoms with Crippen molar-refractivity contribution in [1.82, 2.24) is 10.3 Å². The van der Waals surface area contributed by atoms with Crippen molar-refractivity contribution in [3.05, 3.63) is 35.4 Å². The van der Waals surface area contributed by atoms with Gasteiger partial charge in [0, 0.05) is 12.6 Å². The lowest BCUT2D eigenvalue weighted by molar-refractivity contribution is -0.122. The normalized spacial score (nSPS) is 16.7. The van der Waals surface area contributed by atoms with E-state index in [1.54, 1.807) is 0 Å². The summed E-state index contributed by atoms with van der Waals surface area (Å²) in [7, 11) is 2.16. The summed E-state index contributed by atoms with van der Waals surface area (Å²) in [6, 6.07) is 8.97. The molecule has 1 saturated carbocycles. The average Bonchev–Trinajstić information content (AvgIpc) is 3.22. The van der Waals surface area contributed by atoms with E-state index in [9.17, 15) is 4.79 Å². The molecule has 0 radical (unpaired) electrons. The van der Waals surface area contributed by atoms with E-state index in [1.807, 2.05) is 19.1 Å². The Morgan fingerprint density at radius 1 is 1.44 bits per heavy atom. The standard InChI is InChI=1S/C14H21N3O/c1-10(14(18)16-15)12-5-3-11(4-6-12)9-17(2)13-7-8-13/h3-6,10,13H,7-9,15H2,1-2H3,(H,16,18). The predicted molar refractivity (Wildman–Crippen MR) is 71.7 cm³/mol. The van der Waals surface area contributed by atoms with Crippen molar-refractivity contribution in [2.45, 2.75) is 38.3 Å². The van der Waals surface area contributed by atoms with E-state index >= 15 is 0 Å². The minimum absolute atomic E-state index is 0.155. The fourth-order valence-electron chi connectivity index (χ4n) is 2.12. The van der Waals surface area contributed by atoms with Gasteiger partial charge in [-0.3, -0.25) is 15.1 Å². The molecular formula is C14H21N3O. The molecule has 1 amide bonds. The van der Waals surface area contributed by atoms with Gasteiger partial charge in [0.25, 0.3) is 0 Å². The van der Waals surface area contributed by atoms with Crippen molar-refractivity contribution < 1.29 is 4.79 Å².